The average Bonchev–Trinajstić information content (AvgIpc) is 2.62. The van der Waals surface area contributed by atoms with E-state index in [1.165, 1.54) is 0 Å². The monoisotopic (exact) mass is 386 g/mol. The highest BCUT2D eigenvalue weighted by Crippen LogP contribution is 2.32. The summed E-state index contributed by atoms with van der Waals surface area (Å²) in [6.07, 6.45) is 0. The molecule has 0 unspecified atom stereocenters. The maximum Gasteiger partial charge on any atom is 0.387 e. The highest BCUT2D eigenvalue weighted by Gasteiger charge is 2.16. The summed E-state index contributed by atoms with van der Waals surface area (Å²) in [4.78, 5) is 15.6. The molecule has 3 N–H and O–H groups in total. The van der Waals surface area contributed by atoms with Crippen LogP contribution in [0.15, 0.2) is 23.2 Å². The number of para-hydroxylation sites is 1. The number of guanidine groups is 1. The van der Waals surface area contributed by atoms with Gasteiger partial charge in [-0.2, -0.15) is 8.78 Å². The molecule has 0 aromatic heterocycles. The molecule has 0 spiro atoms. The van der Waals surface area contributed by atoms with Gasteiger partial charge in [-0.25, -0.2) is 0 Å². The van der Waals surface area contributed by atoms with Crippen LogP contribution >= 0.6 is 0 Å². The number of nitrogens with zero attached hydrogens (tertiary/aromatic N) is 1. The standard InChI is InChI=1S/C18H28F2N4O3/c1-5-26-14-8-6-7-13(15(14)27-17(19)20)11-24-18(21-4)23-10-9-22-16(25)12(2)3/h6-8,12,17H,5,9-11H2,1-4H3,(H,22,25)(H2,21,23,24). The van der Waals surface area contributed by atoms with Gasteiger partial charge in [-0.3, -0.25) is 9.79 Å². The lowest BCUT2D eigenvalue weighted by Crippen LogP contribution is -2.41. The smallest absolute Gasteiger partial charge is 0.387 e. The summed E-state index contributed by atoms with van der Waals surface area (Å²) in [5.74, 6) is 0.631. The van der Waals surface area contributed by atoms with Gasteiger partial charge in [0.25, 0.3) is 0 Å². The van der Waals surface area contributed by atoms with E-state index in [2.05, 4.69) is 25.7 Å². The molecule has 0 aliphatic heterocycles. The first-order valence-electron chi connectivity index (χ1n) is 8.80. The number of rotatable bonds is 10. The van der Waals surface area contributed by atoms with E-state index in [0.29, 0.717) is 31.2 Å². The molecular formula is C18H28F2N4O3. The number of carbonyl (C=O) groups is 1. The van der Waals surface area contributed by atoms with Crippen LogP contribution in [0.1, 0.15) is 26.3 Å². The summed E-state index contributed by atoms with van der Waals surface area (Å²) >= 11 is 0. The van der Waals surface area contributed by atoms with Gasteiger partial charge in [0.15, 0.2) is 17.5 Å². The van der Waals surface area contributed by atoms with Crippen molar-refractivity contribution in [2.75, 3.05) is 26.7 Å². The summed E-state index contributed by atoms with van der Waals surface area (Å²) < 4.78 is 35.5. The average molecular weight is 386 g/mol. The number of nitrogens with one attached hydrogen (secondary N) is 3. The van der Waals surface area contributed by atoms with Crippen LogP contribution < -0.4 is 25.4 Å². The topological polar surface area (TPSA) is 84.0 Å². The van der Waals surface area contributed by atoms with Gasteiger partial charge in [-0.1, -0.05) is 26.0 Å². The van der Waals surface area contributed by atoms with E-state index >= 15 is 0 Å². The van der Waals surface area contributed by atoms with Crippen LogP contribution in [-0.4, -0.2) is 45.2 Å². The molecular weight excluding hydrogens is 358 g/mol. The molecule has 27 heavy (non-hydrogen) atoms. The molecule has 0 saturated heterocycles. The van der Waals surface area contributed by atoms with E-state index in [0.717, 1.165) is 0 Å². The van der Waals surface area contributed by atoms with Gasteiger partial charge in [0.05, 0.1) is 6.61 Å². The van der Waals surface area contributed by atoms with E-state index in [1.807, 2.05) is 13.8 Å². The van der Waals surface area contributed by atoms with Crippen molar-refractivity contribution in [1.82, 2.24) is 16.0 Å². The van der Waals surface area contributed by atoms with Crippen molar-refractivity contribution in [3.8, 4) is 11.5 Å². The number of aliphatic imine (C=N–C) groups is 1. The summed E-state index contributed by atoms with van der Waals surface area (Å²) in [6, 6.07) is 4.95. The summed E-state index contributed by atoms with van der Waals surface area (Å²) in [5.41, 5.74) is 0.511. The Morgan fingerprint density at radius 2 is 1.89 bits per heavy atom. The molecule has 0 aliphatic carbocycles. The second-order valence-corrected chi connectivity index (χ2v) is 5.85. The molecule has 0 atom stereocenters. The van der Waals surface area contributed by atoms with Gasteiger partial charge < -0.3 is 25.4 Å². The van der Waals surface area contributed by atoms with Crippen molar-refractivity contribution >= 4 is 11.9 Å². The predicted molar refractivity (Wildman–Crippen MR) is 100 cm³/mol. The van der Waals surface area contributed by atoms with Crippen molar-refractivity contribution < 1.29 is 23.0 Å². The lowest BCUT2D eigenvalue weighted by atomic mass is 10.2. The molecule has 0 heterocycles. The fourth-order valence-electron chi connectivity index (χ4n) is 2.16. The Bertz CT molecular complexity index is 625. The van der Waals surface area contributed by atoms with Crippen LogP contribution in [0.25, 0.3) is 0 Å². The van der Waals surface area contributed by atoms with Crippen LogP contribution in [0.2, 0.25) is 0 Å². The minimum absolute atomic E-state index is 0.00139. The molecule has 7 nitrogen and oxygen atoms in total. The zero-order valence-electron chi connectivity index (χ0n) is 16.1. The number of benzene rings is 1. The first-order chi connectivity index (χ1) is 12.9. The highest BCUT2D eigenvalue weighted by molar-refractivity contribution is 5.80. The van der Waals surface area contributed by atoms with Crippen LogP contribution in [0.3, 0.4) is 0 Å². The Morgan fingerprint density at radius 3 is 2.48 bits per heavy atom. The second-order valence-electron chi connectivity index (χ2n) is 5.85. The normalized spacial score (nSPS) is 11.5. The van der Waals surface area contributed by atoms with Gasteiger partial charge in [-0.05, 0) is 13.0 Å². The molecule has 1 aromatic carbocycles. The number of ether oxygens (including phenoxy) is 2. The molecule has 0 radical (unpaired) electrons. The molecule has 1 rings (SSSR count). The zero-order chi connectivity index (χ0) is 20.2. The van der Waals surface area contributed by atoms with Crippen LogP contribution in [0, 0.1) is 5.92 Å². The first-order valence-corrected chi connectivity index (χ1v) is 8.80. The van der Waals surface area contributed by atoms with Crippen molar-refractivity contribution in [3.63, 3.8) is 0 Å². The van der Waals surface area contributed by atoms with E-state index in [4.69, 9.17) is 4.74 Å². The third-order valence-corrected chi connectivity index (χ3v) is 3.48. The molecule has 0 saturated carbocycles. The predicted octanol–water partition coefficient (Wildman–Crippen LogP) is 2.12. The van der Waals surface area contributed by atoms with E-state index in [-0.39, 0.29) is 29.9 Å². The summed E-state index contributed by atoms with van der Waals surface area (Å²) in [6.45, 7) is 3.91. The summed E-state index contributed by atoms with van der Waals surface area (Å²) in [7, 11) is 1.59. The van der Waals surface area contributed by atoms with E-state index in [9.17, 15) is 13.6 Å². The maximum absolute atomic E-state index is 12.7. The number of hydrogen-bond acceptors (Lipinski definition) is 4. The number of hydrogen-bond donors (Lipinski definition) is 3. The Balaban J connectivity index is 2.64. The molecule has 9 heteroatoms. The van der Waals surface area contributed by atoms with Crippen molar-refractivity contribution in [1.29, 1.82) is 0 Å². The Hall–Kier alpha value is -2.58. The number of carbonyl (C=O) groups excluding carboxylic acids is 1. The van der Waals surface area contributed by atoms with E-state index in [1.54, 1.807) is 32.2 Å². The third kappa shape index (κ3) is 8.10. The lowest BCUT2D eigenvalue weighted by molar-refractivity contribution is -0.123. The maximum atomic E-state index is 12.7. The Kier molecular flexibility index (Phi) is 9.92. The van der Waals surface area contributed by atoms with Gasteiger partial charge >= 0.3 is 6.61 Å². The molecule has 0 aliphatic rings. The van der Waals surface area contributed by atoms with Crippen molar-refractivity contribution in [3.05, 3.63) is 23.8 Å². The first kappa shape index (κ1) is 22.5. The molecule has 0 fully saturated rings. The largest absolute Gasteiger partial charge is 0.490 e. The molecule has 152 valence electrons. The molecule has 0 bridgehead atoms. The van der Waals surface area contributed by atoms with Gasteiger partial charge in [-0.15, -0.1) is 0 Å². The van der Waals surface area contributed by atoms with Crippen molar-refractivity contribution in [2.45, 2.75) is 33.9 Å². The lowest BCUT2D eigenvalue weighted by Gasteiger charge is -2.17. The third-order valence-electron chi connectivity index (χ3n) is 3.48. The van der Waals surface area contributed by atoms with Gasteiger partial charge in [0.2, 0.25) is 5.91 Å². The summed E-state index contributed by atoms with van der Waals surface area (Å²) in [5, 5.41) is 8.85. The number of amides is 1. The Morgan fingerprint density at radius 1 is 1.19 bits per heavy atom. The fraction of sp³-hybridized carbons (Fsp3) is 0.556. The van der Waals surface area contributed by atoms with Crippen molar-refractivity contribution in [2.24, 2.45) is 10.9 Å². The minimum Gasteiger partial charge on any atom is -0.490 e. The van der Waals surface area contributed by atoms with Gasteiger partial charge in [0.1, 0.15) is 0 Å². The van der Waals surface area contributed by atoms with Crippen LogP contribution in [0.5, 0.6) is 11.5 Å². The second kappa shape index (κ2) is 11.9. The Labute approximate surface area is 158 Å². The van der Waals surface area contributed by atoms with E-state index < -0.39 is 6.61 Å². The zero-order valence-corrected chi connectivity index (χ0v) is 16.1. The number of alkyl halides is 2. The van der Waals surface area contributed by atoms with Crippen LogP contribution in [-0.2, 0) is 11.3 Å². The number of halogens is 2. The quantitative estimate of drug-likeness (QED) is 0.326. The molecule has 1 amide bonds. The SMILES string of the molecule is CCOc1cccc(CNC(=NC)NCCNC(=O)C(C)C)c1OC(F)F. The molecule has 1 aromatic rings. The van der Waals surface area contributed by atoms with Crippen LogP contribution in [0.4, 0.5) is 8.78 Å². The minimum atomic E-state index is -2.95. The van der Waals surface area contributed by atoms with Gasteiger partial charge in [0, 0.05) is 38.2 Å². The fourth-order valence-corrected chi connectivity index (χ4v) is 2.16. The highest BCUT2D eigenvalue weighted by atomic mass is 19.3.